The molecule has 4 unspecified atom stereocenters. The molecule has 1 heterocycles. The minimum Gasteiger partial charge on any atom is -0.312 e. The quantitative estimate of drug-likeness (QED) is 0.859. The van der Waals surface area contributed by atoms with E-state index in [1.54, 1.807) is 0 Å². The van der Waals surface area contributed by atoms with Gasteiger partial charge in [-0.3, -0.25) is 4.98 Å². The number of nitrogens with one attached hydrogen (secondary N) is 1. The number of hydrogen-bond acceptors (Lipinski definition) is 2. The maximum absolute atomic E-state index is 4.49. The lowest BCUT2D eigenvalue weighted by Crippen LogP contribution is -2.23. The molecule has 0 radical (unpaired) electrons. The third-order valence-corrected chi connectivity index (χ3v) is 4.82. The van der Waals surface area contributed by atoms with Crippen LogP contribution in [0, 0.1) is 17.8 Å². The smallest absolute Gasteiger partial charge is 0.0573 e. The Balaban J connectivity index is 1.67. The zero-order chi connectivity index (χ0) is 11.7. The van der Waals surface area contributed by atoms with E-state index in [0.717, 1.165) is 17.8 Å². The summed E-state index contributed by atoms with van der Waals surface area (Å²) in [6.45, 7) is 0. The van der Waals surface area contributed by atoms with Gasteiger partial charge < -0.3 is 5.32 Å². The van der Waals surface area contributed by atoms with Crippen LogP contribution in [0.15, 0.2) is 24.4 Å². The Labute approximate surface area is 104 Å². The highest BCUT2D eigenvalue weighted by Crippen LogP contribution is 2.50. The van der Waals surface area contributed by atoms with Crippen molar-refractivity contribution in [2.24, 2.45) is 17.8 Å². The van der Waals surface area contributed by atoms with Gasteiger partial charge in [0, 0.05) is 12.2 Å². The van der Waals surface area contributed by atoms with E-state index in [9.17, 15) is 0 Å². The molecule has 1 aromatic rings. The van der Waals surface area contributed by atoms with Crippen molar-refractivity contribution in [3.8, 4) is 0 Å². The van der Waals surface area contributed by atoms with Gasteiger partial charge in [-0.05, 0) is 62.6 Å². The molecule has 0 aliphatic heterocycles. The molecule has 2 heteroatoms. The molecule has 0 aromatic carbocycles. The van der Waals surface area contributed by atoms with Crippen LogP contribution in [-0.2, 0) is 0 Å². The molecule has 1 aromatic heterocycles. The van der Waals surface area contributed by atoms with Crippen molar-refractivity contribution in [1.29, 1.82) is 0 Å². The molecular formula is C15H22N2. The number of nitrogens with zero attached hydrogens (tertiary/aromatic N) is 1. The minimum atomic E-state index is 0.445. The molecule has 2 aliphatic carbocycles. The number of aromatic nitrogens is 1. The van der Waals surface area contributed by atoms with E-state index >= 15 is 0 Å². The summed E-state index contributed by atoms with van der Waals surface area (Å²) < 4.78 is 0. The standard InChI is InChI=1S/C15H22N2/c1-16-15(14-4-2-3-7-17-14)10-13-9-11-5-6-12(13)8-11/h2-4,7,11-13,15-16H,5-6,8-10H2,1H3. The Morgan fingerprint density at radius 3 is 2.88 bits per heavy atom. The van der Waals surface area contributed by atoms with Crippen molar-refractivity contribution in [2.75, 3.05) is 7.05 Å². The molecule has 4 atom stereocenters. The monoisotopic (exact) mass is 230 g/mol. The van der Waals surface area contributed by atoms with Crippen molar-refractivity contribution in [3.63, 3.8) is 0 Å². The first kappa shape index (κ1) is 11.2. The van der Waals surface area contributed by atoms with E-state index in [0.29, 0.717) is 6.04 Å². The molecule has 17 heavy (non-hydrogen) atoms. The van der Waals surface area contributed by atoms with E-state index in [-0.39, 0.29) is 0 Å². The molecule has 1 N–H and O–H groups in total. The topological polar surface area (TPSA) is 24.9 Å². The van der Waals surface area contributed by atoms with Gasteiger partial charge in [0.15, 0.2) is 0 Å². The first-order valence-corrected chi connectivity index (χ1v) is 6.95. The molecule has 0 spiro atoms. The lowest BCUT2D eigenvalue weighted by atomic mass is 9.83. The molecule has 0 amide bonds. The fourth-order valence-corrected chi connectivity index (χ4v) is 3.94. The van der Waals surface area contributed by atoms with Gasteiger partial charge in [-0.15, -0.1) is 0 Å². The number of fused-ring (bicyclic) bond motifs is 2. The third kappa shape index (κ3) is 2.23. The third-order valence-electron chi connectivity index (χ3n) is 4.82. The number of rotatable bonds is 4. The fourth-order valence-electron chi connectivity index (χ4n) is 3.94. The van der Waals surface area contributed by atoms with Crippen LogP contribution in [0.3, 0.4) is 0 Å². The molecule has 2 saturated carbocycles. The summed E-state index contributed by atoms with van der Waals surface area (Å²) in [7, 11) is 2.06. The van der Waals surface area contributed by atoms with Gasteiger partial charge in [0.05, 0.1) is 5.69 Å². The minimum absolute atomic E-state index is 0.445. The maximum Gasteiger partial charge on any atom is 0.0573 e. The molecule has 3 rings (SSSR count). The summed E-state index contributed by atoms with van der Waals surface area (Å²) in [6.07, 6.45) is 9.12. The normalized spacial score (nSPS) is 32.9. The van der Waals surface area contributed by atoms with Crippen molar-refractivity contribution < 1.29 is 0 Å². The summed E-state index contributed by atoms with van der Waals surface area (Å²) in [5.74, 6) is 3.00. The van der Waals surface area contributed by atoms with Gasteiger partial charge in [0.2, 0.25) is 0 Å². The molecule has 0 saturated heterocycles. The molecular weight excluding hydrogens is 208 g/mol. The second-order valence-electron chi connectivity index (χ2n) is 5.77. The lowest BCUT2D eigenvalue weighted by Gasteiger charge is -2.26. The average Bonchev–Trinajstić information content (AvgIpc) is 2.99. The van der Waals surface area contributed by atoms with Gasteiger partial charge in [0.1, 0.15) is 0 Å². The second kappa shape index (κ2) is 4.77. The van der Waals surface area contributed by atoms with Crippen LogP contribution in [-0.4, -0.2) is 12.0 Å². The van der Waals surface area contributed by atoms with E-state index < -0.39 is 0 Å². The first-order chi connectivity index (χ1) is 8.36. The highest BCUT2D eigenvalue weighted by Gasteiger charge is 2.40. The van der Waals surface area contributed by atoms with E-state index in [1.807, 2.05) is 12.3 Å². The van der Waals surface area contributed by atoms with Crippen LogP contribution in [0.2, 0.25) is 0 Å². The molecule has 92 valence electrons. The van der Waals surface area contributed by atoms with Gasteiger partial charge in [-0.2, -0.15) is 0 Å². The largest absolute Gasteiger partial charge is 0.312 e. The van der Waals surface area contributed by atoms with Crippen LogP contribution in [0.5, 0.6) is 0 Å². The first-order valence-electron chi connectivity index (χ1n) is 6.95. The predicted molar refractivity (Wildman–Crippen MR) is 69.6 cm³/mol. The highest BCUT2D eigenvalue weighted by atomic mass is 14.9. The fraction of sp³-hybridized carbons (Fsp3) is 0.667. The van der Waals surface area contributed by atoms with Crippen LogP contribution in [0.1, 0.15) is 43.8 Å². The molecule has 2 nitrogen and oxygen atoms in total. The Morgan fingerprint density at radius 2 is 2.29 bits per heavy atom. The average molecular weight is 230 g/mol. The Morgan fingerprint density at radius 1 is 1.35 bits per heavy atom. The summed E-state index contributed by atoms with van der Waals surface area (Å²) in [4.78, 5) is 4.49. The Kier molecular flexibility index (Phi) is 3.15. The van der Waals surface area contributed by atoms with Crippen molar-refractivity contribution in [1.82, 2.24) is 10.3 Å². The van der Waals surface area contributed by atoms with E-state index in [4.69, 9.17) is 0 Å². The molecule has 2 fully saturated rings. The number of hydrogen-bond donors (Lipinski definition) is 1. The van der Waals surface area contributed by atoms with Crippen LogP contribution >= 0.6 is 0 Å². The van der Waals surface area contributed by atoms with Crippen LogP contribution < -0.4 is 5.32 Å². The van der Waals surface area contributed by atoms with Crippen molar-refractivity contribution >= 4 is 0 Å². The van der Waals surface area contributed by atoms with Gasteiger partial charge in [-0.25, -0.2) is 0 Å². The Hall–Kier alpha value is -0.890. The second-order valence-corrected chi connectivity index (χ2v) is 5.77. The SMILES string of the molecule is CNC(CC1CC2CCC1C2)c1ccccn1. The van der Waals surface area contributed by atoms with Crippen LogP contribution in [0.25, 0.3) is 0 Å². The van der Waals surface area contributed by atoms with Crippen molar-refractivity contribution in [2.45, 2.75) is 38.1 Å². The van der Waals surface area contributed by atoms with Crippen molar-refractivity contribution in [3.05, 3.63) is 30.1 Å². The van der Waals surface area contributed by atoms with Gasteiger partial charge in [0.25, 0.3) is 0 Å². The number of pyridine rings is 1. The Bertz CT molecular complexity index is 362. The summed E-state index contributed by atoms with van der Waals surface area (Å²) >= 11 is 0. The van der Waals surface area contributed by atoms with Gasteiger partial charge in [-0.1, -0.05) is 12.5 Å². The highest BCUT2D eigenvalue weighted by molar-refractivity contribution is 5.09. The van der Waals surface area contributed by atoms with E-state index in [2.05, 4.69) is 29.5 Å². The van der Waals surface area contributed by atoms with E-state index in [1.165, 1.54) is 37.8 Å². The lowest BCUT2D eigenvalue weighted by molar-refractivity contribution is 0.282. The molecule has 2 aliphatic rings. The maximum atomic E-state index is 4.49. The summed E-state index contributed by atoms with van der Waals surface area (Å²) in [6, 6.07) is 6.68. The van der Waals surface area contributed by atoms with Crippen LogP contribution in [0.4, 0.5) is 0 Å². The summed E-state index contributed by atoms with van der Waals surface area (Å²) in [5.41, 5.74) is 1.21. The molecule has 2 bridgehead atoms. The predicted octanol–water partition coefficient (Wildman–Crippen LogP) is 3.17. The zero-order valence-electron chi connectivity index (χ0n) is 10.6. The van der Waals surface area contributed by atoms with Gasteiger partial charge >= 0.3 is 0 Å². The summed E-state index contributed by atoms with van der Waals surface area (Å²) in [5, 5.41) is 3.44. The zero-order valence-corrected chi connectivity index (χ0v) is 10.6.